The van der Waals surface area contributed by atoms with Crippen LogP contribution in [-0.2, 0) is 19.7 Å². The zero-order chi connectivity index (χ0) is 18.7. The van der Waals surface area contributed by atoms with Gasteiger partial charge in [0.1, 0.15) is 0 Å². The molecule has 0 saturated carbocycles. The van der Waals surface area contributed by atoms with Gasteiger partial charge in [-0.25, -0.2) is 16.8 Å². The molecule has 10 heteroatoms. The first-order chi connectivity index (χ1) is 11.6. The molecule has 8 nitrogen and oxygen atoms in total. The first-order valence-corrected chi connectivity index (χ1v) is 12.2. The van der Waals surface area contributed by atoms with Gasteiger partial charge in [0.25, 0.3) is 0 Å². The van der Waals surface area contributed by atoms with Crippen LogP contribution in [-0.4, -0.2) is 100 Å². The minimum absolute atomic E-state index is 0.133. The predicted molar refractivity (Wildman–Crippen MR) is 101 cm³/mol. The molecule has 0 spiro atoms. The third kappa shape index (κ3) is 5.30. The van der Waals surface area contributed by atoms with Crippen LogP contribution in [0, 0.1) is 0 Å². The number of rotatable bonds is 4. The molecular formula is C15H30N4O4S2. The minimum Gasteiger partial charge on any atom is -0.357 e. The van der Waals surface area contributed by atoms with E-state index in [9.17, 15) is 16.8 Å². The SMILES string of the molecule is CCNC(=NCCN1CCS(=O)(=O)CC1)N1CCS(=O)(=O)C(C)(C)C1. The van der Waals surface area contributed by atoms with Crippen molar-refractivity contribution in [3.63, 3.8) is 0 Å². The Balaban J connectivity index is 1.95. The molecule has 0 unspecified atom stereocenters. The van der Waals surface area contributed by atoms with E-state index < -0.39 is 24.4 Å². The van der Waals surface area contributed by atoms with Crippen molar-refractivity contribution < 1.29 is 16.8 Å². The number of guanidine groups is 1. The summed E-state index contributed by atoms with van der Waals surface area (Å²) in [5, 5.41) is 3.23. The molecule has 2 aliphatic heterocycles. The van der Waals surface area contributed by atoms with Crippen LogP contribution in [0.2, 0.25) is 0 Å². The van der Waals surface area contributed by atoms with Crippen LogP contribution in [0.25, 0.3) is 0 Å². The highest BCUT2D eigenvalue weighted by Gasteiger charge is 2.40. The highest BCUT2D eigenvalue weighted by molar-refractivity contribution is 7.92. The number of hydrogen-bond donors (Lipinski definition) is 1. The lowest BCUT2D eigenvalue weighted by atomic mass is 10.2. The highest BCUT2D eigenvalue weighted by atomic mass is 32.2. The summed E-state index contributed by atoms with van der Waals surface area (Å²) in [6.07, 6.45) is 0. The fourth-order valence-electron chi connectivity index (χ4n) is 3.02. The van der Waals surface area contributed by atoms with E-state index in [4.69, 9.17) is 0 Å². The molecule has 0 atom stereocenters. The minimum atomic E-state index is -3.08. The van der Waals surface area contributed by atoms with Crippen LogP contribution in [0.1, 0.15) is 20.8 Å². The van der Waals surface area contributed by atoms with Crippen LogP contribution < -0.4 is 5.32 Å². The van der Waals surface area contributed by atoms with Gasteiger partial charge in [-0.3, -0.25) is 9.89 Å². The van der Waals surface area contributed by atoms with Crippen molar-refractivity contribution >= 4 is 25.6 Å². The first kappa shape index (κ1) is 20.4. The molecule has 2 fully saturated rings. The Morgan fingerprint density at radius 3 is 2.28 bits per heavy atom. The van der Waals surface area contributed by atoms with Gasteiger partial charge < -0.3 is 10.2 Å². The summed E-state index contributed by atoms with van der Waals surface area (Å²) >= 11 is 0. The highest BCUT2D eigenvalue weighted by Crippen LogP contribution is 2.23. The van der Waals surface area contributed by atoms with Crippen LogP contribution in [0.15, 0.2) is 4.99 Å². The average Bonchev–Trinajstić information content (AvgIpc) is 2.51. The monoisotopic (exact) mass is 394 g/mol. The number of hydrogen-bond acceptors (Lipinski definition) is 6. The zero-order valence-electron chi connectivity index (χ0n) is 15.4. The first-order valence-electron chi connectivity index (χ1n) is 8.75. The zero-order valence-corrected chi connectivity index (χ0v) is 17.0. The third-order valence-electron chi connectivity index (χ3n) is 4.79. The predicted octanol–water partition coefficient (Wildman–Crippen LogP) is -0.809. The third-order valence-corrected chi connectivity index (χ3v) is 8.93. The van der Waals surface area contributed by atoms with E-state index in [0.717, 1.165) is 5.96 Å². The lowest BCUT2D eigenvalue weighted by molar-refractivity contribution is 0.302. The van der Waals surface area contributed by atoms with Gasteiger partial charge in [0.05, 0.1) is 28.6 Å². The molecule has 2 aliphatic rings. The molecule has 0 aromatic heterocycles. The molecule has 0 aromatic carbocycles. The van der Waals surface area contributed by atoms with Crippen LogP contribution >= 0.6 is 0 Å². The molecule has 0 aromatic rings. The molecule has 0 bridgehead atoms. The Morgan fingerprint density at radius 2 is 1.72 bits per heavy atom. The average molecular weight is 395 g/mol. The lowest BCUT2D eigenvalue weighted by Crippen LogP contribution is -2.57. The van der Waals surface area contributed by atoms with Crippen LogP contribution in [0.3, 0.4) is 0 Å². The number of nitrogens with one attached hydrogen (secondary N) is 1. The van der Waals surface area contributed by atoms with Gasteiger partial charge in [-0.15, -0.1) is 0 Å². The normalized spacial score (nSPS) is 26.4. The van der Waals surface area contributed by atoms with Crippen LogP contribution in [0.5, 0.6) is 0 Å². The largest absolute Gasteiger partial charge is 0.357 e. The summed E-state index contributed by atoms with van der Waals surface area (Å²) in [4.78, 5) is 8.74. The topological polar surface area (TPSA) is 99.2 Å². The standard InChI is InChI=1S/C15H30N4O4S2/c1-4-16-14(19-9-12-25(22,23)15(2,3)13-19)17-5-6-18-7-10-24(20,21)11-8-18/h4-13H2,1-3H3,(H,16,17). The summed E-state index contributed by atoms with van der Waals surface area (Å²) in [5.74, 6) is 1.30. The molecule has 1 N–H and O–H groups in total. The maximum Gasteiger partial charge on any atom is 0.194 e. The molecular weight excluding hydrogens is 364 g/mol. The van der Waals surface area contributed by atoms with Gasteiger partial charge in [0, 0.05) is 39.3 Å². The van der Waals surface area contributed by atoms with Crippen molar-refractivity contribution in [3.05, 3.63) is 0 Å². The molecule has 0 radical (unpaired) electrons. The quantitative estimate of drug-likeness (QED) is 0.492. The second-order valence-electron chi connectivity index (χ2n) is 7.23. The van der Waals surface area contributed by atoms with E-state index in [1.165, 1.54) is 0 Å². The Bertz CT molecular complexity index is 687. The van der Waals surface area contributed by atoms with E-state index in [2.05, 4.69) is 15.2 Å². The van der Waals surface area contributed by atoms with Gasteiger partial charge in [-0.05, 0) is 20.8 Å². The van der Waals surface area contributed by atoms with Crippen molar-refractivity contribution in [1.29, 1.82) is 0 Å². The van der Waals surface area contributed by atoms with E-state index in [1.54, 1.807) is 13.8 Å². The Kier molecular flexibility index (Phi) is 6.37. The lowest BCUT2D eigenvalue weighted by Gasteiger charge is -2.39. The van der Waals surface area contributed by atoms with Crippen molar-refractivity contribution in [1.82, 2.24) is 15.1 Å². The van der Waals surface area contributed by atoms with E-state index in [-0.39, 0.29) is 17.3 Å². The van der Waals surface area contributed by atoms with Gasteiger partial charge in [-0.2, -0.15) is 0 Å². The van der Waals surface area contributed by atoms with Crippen molar-refractivity contribution in [2.75, 3.05) is 63.1 Å². The van der Waals surface area contributed by atoms with Gasteiger partial charge in [0.2, 0.25) is 0 Å². The summed E-state index contributed by atoms with van der Waals surface area (Å²) in [6, 6.07) is 0. The van der Waals surface area contributed by atoms with Gasteiger partial charge in [0.15, 0.2) is 25.6 Å². The molecule has 2 rings (SSSR count). The maximum absolute atomic E-state index is 12.2. The van der Waals surface area contributed by atoms with E-state index >= 15 is 0 Å². The second-order valence-corrected chi connectivity index (χ2v) is 12.3. The van der Waals surface area contributed by atoms with E-state index in [1.807, 2.05) is 11.8 Å². The van der Waals surface area contributed by atoms with Crippen LogP contribution in [0.4, 0.5) is 0 Å². The van der Waals surface area contributed by atoms with Crippen molar-refractivity contribution in [2.45, 2.75) is 25.5 Å². The summed E-state index contributed by atoms with van der Waals surface area (Å²) in [7, 11) is -5.94. The smallest absolute Gasteiger partial charge is 0.194 e. The second kappa shape index (κ2) is 7.79. The summed E-state index contributed by atoms with van der Waals surface area (Å²) in [5.41, 5.74) is 0. The molecule has 146 valence electrons. The molecule has 25 heavy (non-hydrogen) atoms. The number of sulfone groups is 2. The van der Waals surface area contributed by atoms with E-state index in [0.29, 0.717) is 45.8 Å². The van der Waals surface area contributed by atoms with Gasteiger partial charge >= 0.3 is 0 Å². The molecule has 0 aliphatic carbocycles. The molecule has 0 amide bonds. The number of nitrogens with zero attached hydrogens (tertiary/aromatic N) is 3. The Morgan fingerprint density at radius 1 is 1.08 bits per heavy atom. The summed E-state index contributed by atoms with van der Waals surface area (Å²) in [6.45, 7) is 9.46. The molecule has 2 heterocycles. The fourth-order valence-corrected chi connectivity index (χ4v) is 5.66. The Labute approximate surface area is 151 Å². The van der Waals surface area contributed by atoms with Crippen molar-refractivity contribution in [2.24, 2.45) is 4.99 Å². The number of aliphatic imine (C=N–C) groups is 1. The van der Waals surface area contributed by atoms with Gasteiger partial charge in [-0.1, -0.05) is 0 Å². The fraction of sp³-hybridized carbons (Fsp3) is 0.933. The summed E-state index contributed by atoms with van der Waals surface area (Å²) < 4.78 is 46.5. The molecule has 2 saturated heterocycles. The Hall–Kier alpha value is -0.870. The maximum atomic E-state index is 12.2. The van der Waals surface area contributed by atoms with Crippen molar-refractivity contribution in [3.8, 4) is 0 Å².